The summed E-state index contributed by atoms with van der Waals surface area (Å²) in [6.45, 7) is 1.10. The van der Waals surface area contributed by atoms with Gasteiger partial charge < -0.3 is 20.5 Å². The number of carboxylic acids is 1. The number of hydrogen-bond donors (Lipinski definition) is 2. The third-order valence-corrected chi connectivity index (χ3v) is 2.39. The van der Waals surface area contributed by atoms with Gasteiger partial charge in [0.1, 0.15) is 12.4 Å². The number of rotatable bonds is 4. The van der Waals surface area contributed by atoms with Gasteiger partial charge in [0.05, 0.1) is 18.0 Å². The van der Waals surface area contributed by atoms with Crippen molar-refractivity contribution >= 4 is 17.5 Å². The van der Waals surface area contributed by atoms with Crippen LogP contribution in [0.1, 0.15) is 0 Å². The fourth-order valence-corrected chi connectivity index (χ4v) is 1.50. The highest BCUT2D eigenvalue weighted by atomic mass is 16.5. The van der Waals surface area contributed by atoms with Crippen LogP contribution >= 0.6 is 0 Å². The van der Waals surface area contributed by atoms with Crippen molar-refractivity contribution in [2.75, 3.05) is 30.3 Å². The Kier molecular flexibility index (Phi) is 2.91. The highest BCUT2D eigenvalue weighted by Gasteiger charge is 2.28. The van der Waals surface area contributed by atoms with Crippen molar-refractivity contribution in [2.24, 2.45) is 0 Å². The van der Waals surface area contributed by atoms with E-state index in [0.717, 1.165) is 5.82 Å². The highest BCUT2D eigenvalue weighted by molar-refractivity contribution is 5.68. The van der Waals surface area contributed by atoms with E-state index in [1.165, 1.54) is 0 Å². The summed E-state index contributed by atoms with van der Waals surface area (Å²) < 4.78 is 5.12. The van der Waals surface area contributed by atoms with E-state index in [9.17, 15) is 4.79 Å². The second kappa shape index (κ2) is 4.36. The molecule has 86 valence electrons. The van der Waals surface area contributed by atoms with Gasteiger partial charge in [-0.3, -0.25) is 0 Å². The molecule has 0 amide bonds. The molecule has 2 heterocycles. The number of carbonyl (C=O) groups is 1. The Hall–Kier alpha value is -1.82. The van der Waals surface area contributed by atoms with Crippen LogP contribution in [0.25, 0.3) is 0 Å². The van der Waals surface area contributed by atoms with Crippen molar-refractivity contribution in [1.29, 1.82) is 0 Å². The minimum Gasteiger partial charge on any atom is -0.480 e. The van der Waals surface area contributed by atoms with Crippen molar-refractivity contribution in [3.8, 4) is 0 Å². The molecule has 0 aromatic carbocycles. The van der Waals surface area contributed by atoms with E-state index < -0.39 is 5.97 Å². The van der Waals surface area contributed by atoms with Crippen molar-refractivity contribution < 1.29 is 14.6 Å². The van der Waals surface area contributed by atoms with Gasteiger partial charge in [-0.1, -0.05) is 0 Å². The van der Waals surface area contributed by atoms with Crippen molar-refractivity contribution in [1.82, 2.24) is 4.98 Å². The molecule has 1 aliphatic rings. The molecule has 16 heavy (non-hydrogen) atoms. The Morgan fingerprint density at radius 2 is 2.38 bits per heavy atom. The van der Waals surface area contributed by atoms with Crippen LogP contribution in [0.2, 0.25) is 0 Å². The van der Waals surface area contributed by atoms with Crippen LogP contribution in [-0.2, 0) is 9.53 Å². The lowest BCUT2D eigenvalue weighted by Crippen LogP contribution is -2.53. The standard InChI is InChI=1S/C10H13N3O3/c11-7-1-2-9(12-3-7)13-4-8(5-13)16-6-10(14)15/h1-3,8H,4-6,11H2,(H,14,15). The summed E-state index contributed by atoms with van der Waals surface area (Å²) in [6, 6.07) is 3.62. The van der Waals surface area contributed by atoms with Gasteiger partial charge in [0, 0.05) is 13.1 Å². The molecule has 0 atom stereocenters. The normalized spacial score (nSPS) is 15.9. The molecule has 2 rings (SSSR count). The summed E-state index contributed by atoms with van der Waals surface area (Å²) in [7, 11) is 0. The molecule has 0 aliphatic carbocycles. The molecule has 0 bridgehead atoms. The van der Waals surface area contributed by atoms with Crippen LogP contribution in [0.5, 0.6) is 0 Å². The van der Waals surface area contributed by atoms with Crippen LogP contribution < -0.4 is 10.6 Å². The van der Waals surface area contributed by atoms with E-state index in [0.29, 0.717) is 18.8 Å². The molecule has 0 radical (unpaired) electrons. The van der Waals surface area contributed by atoms with Gasteiger partial charge in [0.2, 0.25) is 0 Å². The second-order valence-electron chi connectivity index (χ2n) is 3.68. The van der Waals surface area contributed by atoms with E-state index in [-0.39, 0.29) is 12.7 Å². The number of nitrogens with two attached hydrogens (primary N) is 1. The van der Waals surface area contributed by atoms with Crippen molar-refractivity contribution in [3.63, 3.8) is 0 Å². The zero-order valence-electron chi connectivity index (χ0n) is 8.67. The van der Waals surface area contributed by atoms with Gasteiger partial charge in [-0.05, 0) is 12.1 Å². The van der Waals surface area contributed by atoms with Gasteiger partial charge in [-0.15, -0.1) is 0 Å². The number of aliphatic carboxylic acids is 1. The van der Waals surface area contributed by atoms with Crippen molar-refractivity contribution in [3.05, 3.63) is 18.3 Å². The van der Waals surface area contributed by atoms with E-state index in [2.05, 4.69) is 4.98 Å². The van der Waals surface area contributed by atoms with Crippen LogP contribution in [0.15, 0.2) is 18.3 Å². The quantitative estimate of drug-likeness (QED) is 0.744. The maximum absolute atomic E-state index is 10.3. The summed E-state index contributed by atoms with van der Waals surface area (Å²) in [5, 5.41) is 8.43. The lowest BCUT2D eigenvalue weighted by Gasteiger charge is -2.39. The first kappa shape index (κ1) is 10.7. The molecule has 3 N–H and O–H groups in total. The summed E-state index contributed by atoms with van der Waals surface area (Å²) in [4.78, 5) is 16.4. The summed E-state index contributed by atoms with van der Waals surface area (Å²) in [5.74, 6) is -0.103. The maximum Gasteiger partial charge on any atom is 0.329 e. The van der Waals surface area contributed by atoms with E-state index in [1.807, 2.05) is 11.0 Å². The van der Waals surface area contributed by atoms with Crippen LogP contribution in [-0.4, -0.2) is 41.9 Å². The number of carboxylic acid groups (broad SMARTS) is 1. The third-order valence-electron chi connectivity index (χ3n) is 2.39. The maximum atomic E-state index is 10.3. The lowest BCUT2D eigenvalue weighted by molar-refractivity contribution is -0.144. The van der Waals surface area contributed by atoms with Gasteiger partial charge in [-0.2, -0.15) is 0 Å². The Bertz CT molecular complexity index is 373. The Morgan fingerprint density at radius 3 is 2.94 bits per heavy atom. The Balaban J connectivity index is 1.79. The van der Waals surface area contributed by atoms with Gasteiger partial charge in [0.25, 0.3) is 0 Å². The van der Waals surface area contributed by atoms with Gasteiger partial charge >= 0.3 is 5.97 Å². The van der Waals surface area contributed by atoms with Crippen LogP contribution in [0, 0.1) is 0 Å². The predicted octanol–water partition coefficient (Wildman–Crippen LogP) is -0.0464. The molecule has 1 aliphatic heterocycles. The summed E-state index contributed by atoms with van der Waals surface area (Å²) >= 11 is 0. The zero-order valence-corrected chi connectivity index (χ0v) is 8.67. The number of nitrogens with zero attached hydrogens (tertiary/aromatic N) is 2. The predicted molar refractivity (Wildman–Crippen MR) is 58.2 cm³/mol. The first-order chi connectivity index (χ1) is 7.65. The molecule has 1 fully saturated rings. The number of hydrogen-bond acceptors (Lipinski definition) is 5. The fourth-order valence-electron chi connectivity index (χ4n) is 1.50. The van der Waals surface area contributed by atoms with E-state index in [4.69, 9.17) is 15.6 Å². The Labute approximate surface area is 92.6 Å². The minimum atomic E-state index is -0.941. The number of anilines is 2. The molecule has 1 saturated heterocycles. The monoisotopic (exact) mass is 223 g/mol. The van der Waals surface area contributed by atoms with Gasteiger partial charge in [0.15, 0.2) is 0 Å². The molecule has 6 heteroatoms. The molecule has 1 aromatic rings. The average Bonchev–Trinajstić information content (AvgIpc) is 2.18. The molecule has 0 saturated carbocycles. The highest BCUT2D eigenvalue weighted by Crippen LogP contribution is 2.20. The summed E-state index contributed by atoms with van der Waals surface area (Å²) in [6.07, 6.45) is 1.58. The third kappa shape index (κ3) is 2.40. The second-order valence-corrected chi connectivity index (χ2v) is 3.68. The average molecular weight is 223 g/mol. The van der Waals surface area contributed by atoms with Crippen LogP contribution in [0.4, 0.5) is 11.5 Å². The number of ether oxygens (including phenoxy) is 1. The molecular weight excluding hydrogens is 210 g/mol. The zero-order chi connectivity index (χ0) is 11.5. The van der Waals surface area contributed by atoms with Crippen LogP contribution in [0.3, 0.4) is 0 Å². The lowest BCUT2D eigenvalue weighted by atomic mass is 10.1. The van der Waals surface area contributed by atoms with E-state index in [1.54, 1.807) is 12.3 Å². The molecule has 6 nitrogen and oxygen atoms in total. The van der Waals surface area contributed by atoms with E-state index >= 15 is 0 Å². The number of pyridine rings is 1. The SMILES string of the molecule is Nc1ccc(N2CC(OCC(=O)O)C2)nc1. The largest absolute Gasteiger partial charge is 0.480 e. The van der Waals surface area contributed by atoms with Crippen molar-refractivity contribution in [2.45, 2.75) is 6.10 Å². The molecular formula is C10H13N3O3. The number of aromatic nitrogens is 1. The first-order valence-electron chi connectivity index (χ1n) is 4.95. The smallest absolute Gasteiger partial charge is 0.329 e. The molecule has 1 aromatic heterocycles. The topological polar surface area (TPSA) is 88.7 Å². The first-order valence-corrected chi connectivity index (χ1v) is 4.95. The Morgan fingerprint density at radius 1 is 1.62 bits per heavy atom. The molecule has 0 spiro atoms. The molecule has 0 unspecified atom stereocenters. The minimum absolute atomic E-state index is 0.0181. The fraction of sp³-hybridized carbons (Fsp3) is 0.400. The number of nitrogen functional groups attached to an aromatic ring is 1. The summed E-state index contributed by atoms with van der Waals surface area (Å²) in [5.41, 5.74) is 6.15. The van der Waals surface area contributed by atoms with Gasteiger partial charge in [-0.25, -0.2) is 9.78 Å².